The number of amides is 1. The molecule has 0 radical (unpaired) electrons. The van der Waals surface area contributed by atoms with Crippen LogP contribution < -0.4 is 0 Å². The lowest BCUT2D eigenvalue weighted by Crippen LogP contribution is -2.35. The molecule has 0 spiro atoms. The van der Waals surface area contributed by atoms with Crippen molar-refractivity contribution >= 4 is 17.7 Å². The zero-order valence-electron chi connectivity index (χ0n) is 18.5. The van der Waals surface area contributed by atoms with E-state index in [1.165, 1.54) is 17.5 Å². The molecule has 1 saturated heterocycles. The molecule has 0 unspecified atom stereocenters. The van der Waals surface area contributed by atoms with Crippen molar-refractivity contribution in [3.63, 3.8) is 0 Å². The maximum absolute atomic E-state index is 12.4. The quantitative estimate of drug-likeness (QED) is 0.354. The van der Waals surface area contributed by atoms with Gasteiger partial charge in [-0.25, -0.2) is 4.98 Å². The van der Waals surface area contributed by atoms with Crippen LogP contribution in [0.2, 0.25) is 0 Å². The Morgan fingerprint density at radius 3 is 2.19 bits per heavy atom. The normalized spacial score (nSPS) is 14.1. The summed E-state index contributed by atoms with van der Waals surface area (Å²) in [5.74, 6) is 1.19. The molecular weight excluding hydrogens is 402 g/mol. The number of imidazole rings is 1. The fourth-order valence-electron chi connectivity index (χ4n) is 3.96. The van der Waals surface area contributed by atoms with Gasteiger partial charge in [0.15, 0.2) is 5.16 Å². The number of benzene rings is 2. The maximum Gasteiger partial charge on any atom is 0.222 e. The molecule has 1 aliphatic rings. The van der Waals surface area contributed by atoms with Crippen LogP contribution in [0, 0.1) is 13.8 Å². The van der Waals surface area contributed by atoms with Gasteiger partial charge < -0.3 is 9.88 Å². The predicted octanol–water partition coefficient (Wildman–Crippen LogP) is 6.25. The van der Waals surface area contributed by atoms with E-state index < -0.39 is 0 Å². The van der Waals surface area contributed by atoms with Crippen LogP contribution in [0.15, 0.2) is 53.7 Å². The van der Waals surface area contributed by atoms with E-state index in [4.69, 9.17) is 4.98 Å². The minimum Gasteiger partial charge on any atom is -0.343 e. The van der Waals surface area contributed by atoms with E-state index in [0.717, 1.165) is 65.8 Å². The summed E-state index contributed by atoms with van der Waals surface area (Å²) in [5, 5.41) is 0.913. The lowest BCUT2D eigenvalue weighted by molar-refractivity contribution is -0.132. The second kappa shape index (κ2) is 10.2. The SMILES string of the molecule is Cc1ccc(-c2nc(SCCCC(=O)N3CCCCC3)[nH]c2-c2ccc(C)cc2)cc1. The number of carbonyl (C=O) groups is 1. The van der Waals surface area contributed by atoms with Gasteiger partial charge in [-0.1, -0.05) is 71.4 Å². The zero-order valence-corrected chi connectivity index (χ0v) is 19.3. The second-order valence-corrected chi connectivity index (χ2v) is 9.47. The highest BCUT2D eigenvalue weighted by molar-refractivity contribution is 7.99. The van der Waals surface area contributed by atoms with Crippen molar-refractivity contribution in [1.82, 2.24) is 14.9 Å². The molecule has 2 aromatic carbocycles. The molecule has 0 bridgehead atoms. The van der Waals surface area contributed by atoms with Crippen molar-refractivity contribution in [2.24, 2.45) is 0 Å². The van der Waals surface area contributed by atoms with Crippen LogP contribution in [-0.2, 0) is 4.79 Å². The van der Waals surface area contributed by atoms with Gasteiger partial charge in [-0.2, -0.15) is 0 Å². The number of aryl methyl sites for hydroxylation is 2. The van der Waals surface area contributed by atoms with Gasteiger partial charge in [-0.3, -0.25) is 4.79 Å². The Morgan fingerprint density at radius 1 is 0.935 bits per heavy atom. The average molecular weight is 434 g/mol. The minimum absolute atomic E-state index is 0.306. The topological polar surface area (TPSA) is 49.0 Å². The number of rotatable bonds is 7. The predicted molar refractivity (Wildman–Crippen MR) is 129 cm³/mol. The Hall–Kier alpha value is -2.53. The fourth-order valence-corrected chi connectivity index (χ4v) is 4.78. The van der Waals surface area contributed by atoms with Gasteiger partial charge in [0.1, 0.15) is 0 Å². The molecule has 1 amide bonds. The third-order valence-electron chi connectivity index (χ3n) is 5.83. The van der Waals surface area contributed by atoms with E-state index in [1.54, 1.807) is 11.8 Å². The highest BCUT2D eigenvalue weighted by Gasteiger charge is 2.17. The summed E-state index contributed by atoms with van der Waals surface area (Å²) in [6.45, 7) is 6.07. The standard InChI is InChI=1S/C26H31N3OS/c1-19-8-12-21(13-9-19)24-25(22-14-10-20(2)11-15-22)28-26(27-24)31-18-6-7-23(30)29-16-4-3-5-17-29/h8-15H,3-7,16-18H2,1-2H3,(H,27,28). The second-order valence-electron chi connectivity index (χ2n) is 8.39. The minimum atomic E-state index is 0.306. The number of nitrogens with one attached hydrogen (secondary N) is 1. The van der Waals surface area contributed by atoms with E-state index in [0.29, 0.717) is 12.3 Å². The summed E-state index contributed by atoms with van der Waals surface area (Å²) >= 11 is 1.70. The first kappa shape index (κ1) is 21.7. The summed E-state index contributed by atoms with van der Waals surface area (Å²) in [6.07, 6.45) is 5.06. The van der Waals surface area contributed by atoms with Gasteiger partial charge in [0.2, 0.25) is 5.91 Å². The number of thioether (sulfide) groups is 1. The van der Waals surface area contributed by atoms with Gasteiger partial charge in [-0.05, 0) is 39.5 Å². The van der Waals surface area contributed by atoms with Crippen molar-refractivity contribution < 1.29 is 4.79 Å². The number of aromatic amines is 1. The molecule has 0 saturated carbocycles. The molecule has 1 N–H and O–H groups in total. The molecule has 31 heavy (non-hydrogen) atoms. The van der Waals surface area contributed by atoms with E-state index in [9.17, 15) is 4.79 Å². The van der Waals surface area contributed by atoms with E-state index in [1.807, 2.05) is 4.90 Å². The lowest BCUT2D eigenvalue weighted by Gasteiger charge is -2.26. The number of hydrogen-bond donors (Lipinski definition) is 1. The molecule has 162 valence electrons. The molecule has 4 rings (SSSR count). The van der Waals surface area contributed by atoms with Crippen molar-refractivity contribution in [3.05, 3.63) is 59.7 Å². The van der Waals surface area contributed by atoms with E-state index in [2.05, 4.69) is 67.4 Å². The van der Waals surface area contributed by atoms with Gasteiger partial charge in [-0.15, -0.1) is 0 Å². The summed E-state index contributed by atoms with van der Waals surface area (Å²) in [4.78, 5) is 22.9. The van der Waals surface area contributed by atoms with Gasteiger partial charge in [0, 0.05) is 36.4 Å². The molecule has 1 fully saturated rings. The van der Waals surface area contributed by atoms with Crippen molar-refractivity contribution in [3.8, 4) is 22.5 Å². The Morgan fingerprint density at radius 2 is 1.55 bits per heavy atom. The lowest BCUT2D eigenvalue weighted by atomic mass is 10.0. The molecule has 3 aromatic rings. The largest absolute Gasteiger partial charge is 0.343 e. The Labute approximate surface area is 189 Å². The summed E-state index contributed by atoms with van der Waals surface area (Å²) in [7, 11) is 0. The molecule has 1 aromatic heterocycles. The van der Waals surface area contributed by atoms with E-state index >= 15 is 0 Å². The maximum atomic E-state index is 12.4. The molecule has 5 heteroatoms. The van der Waals surface area contributed by atoms with Crippen LogP contribution in [-0.4, -0.2) is 39.6 Å². The first-order chi connectivity index (χ1) is 15.1. The number of H-pyrrole nitrogens is 1. The Kier molecular flexibility index (Phi) is 7.13. The van der Waals surface area contributed by atoms with Crippen LogP contribution >= 0.6 is 11.8 Å². The summed E-state index contributed by atoms with van der Waals surface area (Å²) in [5.41, 5.74) is 6.77. The number of carbonyl (C=O) groups excluding carboxylic acids is 1. The molecule has 2 heterocycles. The molecule has 0 atom stereocenters. The van der Waals surface area contributed by atoms with Gasteiger partial charge in [0.05, 0.1) is 11.4 Å². The first-order valence-electron chi connectivity index (χ1n) is 11.2. The van der Waals surface area contributed by atoms with Gasteiger partial charge in [0.25, 0.3) is 0 Å². The highest BCUT2D eigenvalue weighted by Crippen LogP contribution is 2.33. The number of piperidine rings is 1. The van der Waals surface area contributed by atoms with Crippen LogP contribution in [0.25, 0.3) is 22.5 Å². The number of hydrogen-bond acceptors (Lipinski definition) is 3. The van der Waals surface area contributed by atoms with Crippen LogP contribution in [0.4, 0.5) is 0 Å². The third-order valence-corrected chi connectivity index (χ3v) is 6.79. The fraction of sp³-hybridized carbons (Fsp3) is 0.385. The zero-order chi connectivity index (χ0) is 21.6. The third kappa shape index (κ3) is 5.59. The number of likely N-dealkylation sites (tertiary alicyclic amines) is 1. The van der Waals surface area contributed by atoms with Crippen LogP contribution in [0.1, 0.15) is 43.2 Å². The average Bonchev–Trinajstić information content (AvgIpc) is 3.22. The highest BCUT2D eigenvalue weighted by atomic mass is 32.2. The number of aromatic nitrogens is 2. The number of nitrogens with zero attached hydrogens (tertiary/aromatic N) is 2. The molecule has 0 aliphatic carbocycles. The van der Waals surface area contributed by atoms with Gasteiger partial charge >= 0.3 is 0 Å². The van der Waals surface area contributed by atoms with Crippen molar-refractivity contribution in [2.75, 3.05) is 18.8 Å². The van der Waals surface area contributed by atoms with Crippen molar-refractivity contribution in [1.29, 1.82) is 0 Å². The summed E-state index contributed by atoms with van der Waals surface area (Å²) in [6, 6.07) is 17.1. The Balaban J connectivity index is 1.45. The van der Waals surface area contributed by atoms with Crippen LogP contribution in [0.3, 0.4) is 0 Å². The molecule has 4 nitrogen and oxygen atoms in total. The first-order valence-corrected chi connectivity index (χ1v) is 12.2. The monoisotopic (exact) mass is 433 g/mol. The Bertz CT molecular complexity index is 939. The molecular formula is C26H31N3OS. The smallest absolute Gasteiger partial charge is 0.222 e. The summed E-state index contributed by atoms with van der Waals surface area (Å²) < 4.78 is 0. The van der Waals surface area contributed by atoms with Crippen LogP contribution in [0.5, 0.6) is 0 Å². The van der Waals surface area contributed by atoms with Crippen molar-refractivity contribution in [2.45, 2.75) is 51.1 Å². The van der Waals surface area contributed by atoms with E-state index in [-0.39, 0.29) is 0 Å². The molecule has 1 aliphatic heterocycles.